The van der Waals surface area contributed by atoms with Crippen LogP contribution in [0.15, 0.2) is 57.4 Å². The molecule has 0 atom stereocenters. The Bertz CT molecular complexity index is 845. The first-order valence-corrected chi connectivity index (χ1v) is 8.62. The van der Waals surface area contributed by atoms with E-state index in [1.807, 2.05) is 55.5 Å². The van der Waals surface area contributed by atoms with Gasteiger partial charge in [-0.3, -0.25) is 0 Å². The summed E-state index contributed by atoms with van der Waals surface area (Å²) in [4.78, 5) is 0. The first-order valence-electron chi connectivity index (χ1n) is 7.07. The topological polar surface area (TPSA) is 25.2 Å². The summed E-state index contributed by atoms with van der Waals surface area (Å²) in [5.74, 6) is 1.58. The van der Waals surface area contributed by atoms with Gasteiger partial charge in [0, 0.05) is 20.7 Å². The highest BCUT2D eigenvalue weighted by Gasteiger charge is 2.09. The molecule has 0 saturated carbocycles. The van der Waals surface area contributed by atoms with Crippen molar-refractivity contribution < 1.29 is 4.42 Å². The predicted molar refractivity (Wildman–Crippen MR) is 100 cm³/mol. The number of furan rings is 1. The summed E-state index contributed by atoms with van der Waals surface area (Å²) in [5.41, 5.74) is 2.89. The monoisotopic (exact) mass is 409 g/mol. The molecule has 0 amide bonds. The molecule has 2 nitrogen and oxygen atoms in total. The third-order valence-electron chi connectivity index (χ3n) is 3.50. The van der Waals surface area contributed by atoms with Crippen LogP contribution in [0.2, 0.25) is 10.0 Å². The Morgan fingerprint density at radius 1 is 1.00 bits per heavy atom. The molecular weight excluding hydrogens is 397 g/mol. The van der Waals surface area contributed by atoms with Gasteiger partial charge in [0.2, 0.25) is 0 Å². The van der Waals surface area contributed by atoms with Gasteiger partial charge in [-0.2, -0.15) is 0 Å². The van der Waals surface area contributed by atoms with Crippen LogP contribution in [0, 0.1) is 6.92 Å². The Morgan fingerprint density at radius 3 is 2.57 bits per heavy atom. The van der Waals surface area contributed by atoms with E-state index in [9.17, 15) is 0 Å². The van der Waals surface area contributed by atoms with Gasteiger partial charge in [-0.1, -0.05) is 45.2 Å². The minimum absolute atomic E-state index is 0.577. The average molecular weight is 411 g/mol. The lowest BCUT2D eigenvalue weighted by Gasteiger charge is -2.06. The Balaban J connectivity index is 1.73. The fourth-order valence-corrected chi connectivity index (χ4v) is 3.15. The third-order valence-corrected chi connectivity index (χ3v) is 4.71. The molecule has 1 N–H and O–H groups in total. The van der Waals surface area contributed by atoms with Gasteiger partial charge in [0.25, 0.3) is 0 Å². The number of rotatable bonds is 4. The molecule has 23 heavy (non-hydrogen) atoms. The van der Waals surface area contributed by atoms with Crippen LogP contribution in [-0.2, 0) is 6.54 Å². The molecule has 0 unspecified atom stereocenters. The first-order chi connectivity index (χ1) is 11.0. The normalized spacial score (nSPS) is 10.8. The van der Waals surface area contributed by atoms with E-state index in [4.69, 9.17) is 27.6 Å². The standard InChI is InChI=1S/C18H14BrCl2NO/c1-11-2-4-13(9-16(11)20)22-10-14-5-7-18(23-14)15-6-3-12(19)8-17(15)21/h2-9,22H,10H2,1H3. The van der Waals surface area contributed by atoms with Gasteiger partial charge >= 0.3 is 0 Å². The van der Waals surface area contributed by atoms with Crippen LogP contribution in [0.25, 0.3) is 11.3 Å². The summed E-state index contributed by atoms with van der Waals surface area (Å²) >= 11 is 15.8. The molecule has 5 heteroatoms. The number of halogens is 3. The molecule has 3 rings (SSSR count). The zero-order chi connectivity index (χ0) is 16.4. The largest absolute Gasteiger partial charge is 0.459 e. The van der Waals surface area contributed by atoms with E-state index in [1.165, 1.54) is 0 Å². The van der Waals surface area contributed by atoms with Crippen LogP contribution in [-0.4, -0.2) is 0 Å². The smallest absolute Gasteiger partial charge is 0.135 e. The minimum Gasteiger partial charge on any atom is -0.459 e. The molecule has 0 radical (unpaired) electrons. The maximum absolute atomic E-state index is 6.26. The van der Waals surface area contributed by atoms with Crippen molar-refractivity contribution in [1.82, 2.24) is 0 Å². The molecule has 1 heterocycles. The van der Waals surface area contributed by atoms with Crippen molar-refractivity contribution in [3.05, 3.63) is 74.4 Å². The van der Waals surface area contributed by atoms with Crippen LogP contribution in [0.5, 0.6) is 0 Å². The van der Waals surface area contributed by atoms with Gasteiger partial charge in [0.15, 0.2) is 0 Å². The number of benzene rings is 2. The lowest BCUT2D eigenvalue weighted by molar-refractivity contribution is 0.531. The summed E-state index contributed by atoms with van der Waals surface area (Å²) in [5, 5.41) is 4.70. The van der Waals surface area contributed by atoms with E-state index in [-0.39, 0.29) is 0 Å². The lowest BCUT2D eigenvalue weighted by Crippen LogP contribution is -1.98. The van der Waals surface area contributed by atoms with Gasteiger partial charge in [-0.25, -0.2) is 0 Å². The highest BCUT2D eigenvalue weighted by atomic mass is 79.9. The van der Waals surface area contributed by atoms with Gasteiger partial charge in [-0.05, 0) is 55.0 Å². The highest BCUT2D eigenvalue weighted by Crippen LogP contribution is 2.31. The van der Waals surface area contributed by atoms with Crippen molar-refractivity contribution in [2.75, 3.05) is 5.32 Å². The van der Waals surface area contributed by atoms with Crippen molar-refractivity contribution in [2.24, 2.45) is 0 Å². The second kappa shape index (κ2) is 7.00. The van der Waals surface area contributed by atoms with E-state index in [2.05, 4.69) is 21.2 Å². The van der Waals surface area contributed by atoms with E-state index in [1.54, 1.807) is 0 Å². The van der Waals surface area contributed by atoms with E-state index in [0.717, 1.165) is 37.8 Å². The summed E-state index contributed by atoms with van der Waals surface area (Å²) in [6.07, 6.45) is 0. The minimum atomic E-state index is 0.577. The fourth-order valence-electron chi connectivity index (χ4n) is 2.20. The number of anilines is 1. The van der Waals surface area contributed by atoms with E-state index < -0.39 is 0 Å². The van der Waals surface area contributed by atoms with Gasteiger partial charge in [0.1, 0.15) is 11.5 Å². The van der Waals surface area contributed by atoms with Crippen LogP contribution in [0.1, 0.15) is 11.3 Å². The Morgan fingerprint density at radius 2 is 1.83 bits per heavy atom. The summed E-state index contributed by atoms with van der Waals surface area (Å²) in [7, 11) is 0. The Kier molecular flexibility index (Phi) is 5.00. The van der Waals surface area contributed by atoms with Crippen molar-refractivity contribution in [2.45, 2.75) is 13.5 Å². The summed E-state index contributed by atoms with van der Waals surface area (Å²) in [6.45, 7) is 2.56. The van der Waals surface area contributed by atoms with Crippen molar-refractivity contribution in [1.29, 1.82) is 0 Å². The predicted octanol–water partition coefficient (Wildman–Crippen LogP) is 6.94. The maximum Gasteiger partial charge on any atom is 0.135 e. The van der Waals surface area contributed by atoms with Gasteiger partial charge in [0.05, 0.1) is 11.6 Å². The van der Waals surface area contributed by atoms with Crippen LogP contribution >= 0.6 is 39.1 Å². The third kappa shape index (κ3) is 3.92. The fraction of sp³-hybridized carbons (Fsp3) is 0.111. The number of nitrogens with one attached hydrogen (secondary N) is 1. The molecule has 0 saturated heterocycles. The SMILES string of the molecule is Cc1ccc(NCc2ccc(-c3ccc(Br)cc3Cl)o2)cc1Cl. The molecule has 0 aliphatic rings. The molecule has 3 aromatic rings. The van der Waals surface area contributed by atoms with Crippen LogP contribution in [0.3, 0.4) is 0 Å². The molecule has 0 spiro atoms. The lowest BCUT2D eigenvalue weighted by atomic mass is 10.2. The Labute approximate surface area is 153 Å². The van der Waals surface area contributed by atoms with Gasteiger partial charge < -0.3 is 9.73 Å². The van der Waals surface area contributed by atoms with Crippen LogP contribution < -0.4 is 5.32 Å². The van der Waals surface area contributed by atoms with Crippen LogP contribution in [0.4, 0.5) is 5.69 Å². The van der Waals surface area contributed by atoms with E-state index in [0.29, 0.717) is 11.6 Å². The van der Waals surface area contributed by atoms with E-state index >= 15 is 0 Å². The molecule has 2 aromatic carbocycles. The summed E-state index contributed by atoms with van der Waals surface area (Å²) in [6, 6.07) is 15.5. The Hall–Kier alpha value is -1.42. The molecule has 0 aliphatic heterocycles. The van der Waals surface area contributed by atoms with Gasteiger partial charge in [-0.15, -0.1) is 0 Å². The zero-order valence-electron chi connectivity index (χ0n) is 12.4. The average Bonchev–Trinajstić information content (AvgIpc) is 2.97. The summed E-state index contributed by atoms with van der Waals surface area (Å²) < 4.78 is 6.81. The molecule has 0 fully saturated rings. The second-order valence-electron chi connectivity index (χ2n) is 5.21. The second-order valence-corrected chi connectivity index (χ2v) is 6.94. The van der Waals surface area contributed by atoms with Crippen molar-refractivity contribution in [3.63, 3.8) is 0 Å². The van der Waals surface area contributed by atoms with Crippen molar-refractivity contribution >= 4 is 44.8 Å². The molecule has 0 bridgehead atoms. The molecule has 1 aromatic heterocycles. The maximum atomic E-state index is 6.26. The number of hydrogen-bond acceptors (Lipinski definition) is 2. The van der Waals surface area contributed by atoms with Crippen molar-refractivity contribution in [3.8, 4) is 11.3 Å². The zero-order valence-corrected chi connectivity index (χ0v) is 15.5. The highest BCUT2D eigenvalue weighted by molar-refractivity contribution is 9.10. The molecule has 0 aliphatic carbocycles. The molecule has 118 valence electrons. The first kappa shape index (κ1) is 16.4. The number of hydrogen-bond donors (Lipinski definition) is 1. The molecular formula is C18H14BrCl2NO. The quantitative estimate of drug-likeness (QED) is 0.503. The number of aryl methyl sites for hydroxylation is 1.